The first-order valence-electron chi connectivity index (χ1n) is 8.55. The standard InChI is InChI=1S/C19H22ClN3OS/c1-13(2)7-8-22-11-23-18(24)9-16(14-3-5-15(20)6-4-14)17(10-21)19(23)25-12-22/h3-6,13,16H,7-9,11-12H2,1-2H3. The normalized spacial score (nSPS) is 21.5. The molecule has 0 spiro atoms. The number of thioether (sulfide) groups is 1. The van der Waals surface area contributed by atoms with E-state index in [0.29, 0.717) is 29.6 Å². The second-order valence-electron chi connectivity index (χ2n) is 6.95. The minimum Gasteiger partial charge on any atom is -0.292 e. The smallest absolute Gasteiger partial charge is 0.229 e. The van der Waals surface area contributed by atoms with Gasteiger partial charge in [0.15, 0.2) is 0 Å². The zero-order valence-corrected chi connectivity index (χ0v) is 16.1. The molecular weight excluding hydrogens is 354 g/mol. The molecule has 132 valence electrons. The Balaban J connectivity index is 1.84. The van der Waals surface area contributed by atoms with Gasteiger partial charge in [-0.3, -0.25) is 14.6 Å². The van der Waals surface area contributed by atoms with Crippen LogP contribution in [-0.4, -0.2) is 34.8 Å². The van der Waals surface area contributed by atoms with Crippen LogP contribution >= 0.6 is 23.4 Å². The van der Waals surface area contributed by atoms with Gasteiger partial charge >= 0.3 is 0 Å². The molecule has 2 aliphatic heterocycles. The Labute approximate surface area is 158 Å². The van der Waals surface area contributed by atoms with Crippen LogP contribution in [0.25, 0.3) is 0 Å². The highest BCUT2D eigenvalue weighted by molar-refractivity contribution is 8.03. The van der Waals surface area contributed by atoms with Crippen molar-refractivity contribution in [2.45, 2.75) is 32.6 Å². The van der Waals surface area contributed by atoms with Gasteiger partial charge in [-0.05, 0) is 30.0 Å². The van der Waals surface area contributed by atoms with E-state index in [2.05, 4.69) is 24.8 Å². The fraction of sp³-hybridized carbons (Fsp3) is 0.474. The second-order valence-corrected chi connectivity index (χ2v) is 8.32. The molecule has 2 aliphatic rings. The SMILES string of the molecule is CC(C)CCN1CSC2=C(C#N)C(c3ccc(Cl)cc3)CC(=O)N2C1. The number of fused-ring (bicyclic) bond motifs is 1. The van der Waals surface area contributed by atoms with E-state index in [1.807, 2.05) is 24.3 Å². The van der Waals surface area contributed by atoms with Crippen LogP contribution in [0.4, 0.5) is 0 Å². The highest BCUT2D eigenvalue weighted by Gasteiger charge is 2.38. The Morgan fingerprint density at radius 1 is 1.36 bits per heavy atom. The first-order chi connectivity index (χ1) is 12.0. The Morgan fingerprint density at radius 2 is 2.08 bits per heavy atom. The predicted molar refractivity (Wildman–Crippen MR) is 102 cm³/mol. The van der Waals surface area contributed by atoms with Gasteiger partial charge in [-0.15, -0.1) is 0 Å². The van der Waals surface area contributed by atoms with Crippen molar-refractivity contribution in [1.29, 1.82) is 5.26 Å². The summed E-state index contributed by atoms with van der Waals surface area (Å²) in [5.41, 5.74) is 1.68. The minimum absolute atomic E-state index is 0.0932. The molecule has 6 heteroatoms. The molecule has 4 nitrogen and oxygen atoms in total. The molecule has 0 N–H and O–H groups in total. The summed E-state index contributed by atoms with van der Waals surface area (Å²) in [7, 11) is 0. The second kappa shape index (κ2) is 7.82. The van der Waals surface area contributed by atoms with Crippen molar-refractivity contribution in [1.82, 2.24) is 9.80 Å². The van der Waals surface area contributed by atoms with Gasteiger partial charge < -0.3 is 0 Å². The van der Waals surface area contributed by atoms with Crippen molar-refractivity contribution in [3.05, 3.63) is 45.5 Å². The first-order valence-corrected chi connectivity index (χ1v) is 9.91. The van der Waals surface area contributed by atoms with Crippen LogP contribution in [-0.2, 0) is 4.79 Å². The molecule has 1 amide bonds. The molecule has 0 aliphatic carbocycles. The van der Waals surface area contributed by atoms with Crippen LogP contribution in [0, 0.1) is 17.2 Å². The molecular formula is C19H22ClN3OS. The number of carbonyl (C=O) groups excluding carboxylic acids is 1. The average Bonchev–Trinajstić information content (AvgIpc) is 2.60. The lowest BCUT2D eigenvalue weighted by atomic mass is 9.86. The molecule has 0 aromatic heterocycles. The largest absolute Gasteiger partial charge is 0.292 e. The van der Waals surface area contributed by atoms with E-state index in [1.54, 1.807) is 16.7 Å². The van der Waals surface area contributed by atoms with E-state index < -0.39 is 0 Å². The average molecular weight is 376 g/mol. The quantitative estimate of drug-likeness (QED) is 0.782. The molecule has 1 unspecified atom stereocenters. The lowest BCUT2D eigenvalue weighted by molar-refractivity contribution is -0.131. The van der Waals surface area contributed by atoms with Crippen LogP contribution in [0.3, 0.4) is 0 Å². The highest BCUT2D eigenvalue weighted by atomic mass is 35.5. The fourth-order valence-electron chi connectivity index (χ4n) is 3.17. The summed E-state index contributed by atoms with van der Waals surface area (Å²) in [4.78, 5) is 16.8. The molecule has 1 aromatic rings. The van der Waals surface area contributed by atoms with E-state index in [4.69, 9.17) is 11.6 Å². The summed E-state index contributed by atoms with van der Waals surface area (Å²) in [6, 6.07) is 9.82. The molecule has 25 heavy (non-hydrogen) atoms. The van der Waals surface area contributed by atoms with Crippen LogP contribution in [0.15, 0.2) is 34.9 Å². The fourth-order valence-corrected chi connectivity index (χ4v) is 4.47. The van der Waals surface area contributed by atoms with Gasteiger partial charge in [-0.1, -0.05) is 49.3 Å². The third-order valence-corrected chi connectivity index (χ3v) is 6.10. The number of hydrogen-bond acceptors (Lipinski definition) is 4. The number of benzene rings is 1. The maximum absolute atomic E-state index is 12.7. The predicted octanol–water partition coefficient (Wildman–Crippen LogP) is 4.40. The molecule has 0 radical (unpaired) electrons. The zero-order valence-electron chi connectivity index (χ0n) is 14.5. The van der Waals surface area contributed by atoms with Gasteiger partial charge in [0.05, 0.1) is 29.2 Å². The summed E-state index contributed by atoms with van der Waals surface area (Å²) in [5, 5.41) is 11.2. The van der Waals surface area contributed by atoms with Crippen molar-refractivity contribution < 1.29 is 4.79 Å². The number of allylic oxidation sites excluding steroid dienone is 1. The summed E-state index contributed by atoms with van der Waals surface area (Å²) in [6.07, 6.45) is 1.45. The van der Waals surface area contributed by atoms with Crippen molar-refractivity contribution in [3.63, 3.8) is 0 Å². The highest BCUT2D eigenvalue weighted by Crippen LogP contribution is 2.42. The maximum atomic E-state index is 12.7. The number of halogens is 1. The molecule has 0 bridgehead atoms. The number of nitrogens with zero attached hydrogens (tertiary/aromatic N) is 3. The van der Waals surface area contributed by atoms with Gasteiger partial charge in [0.25, 0.3) is 0 Å². The van der Waals surface area contributed by atoms with Gasteiger partial charge in [0.2, 0.25) is 5.91 Å². The van der Waals surface area contributed by atoms with Crippen LogP contribution in [0.1, 0.15) is 38.2 Å². The van der Waals surface area contributed by atoms with Gasteiger partial charge in [-0.2, -0.15) is 5.26 Å². The van der Waals surface area contributed by atoms with Crippen molar-refractivity contribution in [3.8, 4) is 6.07 Å². The lowest BCUT2D eigenvalue weighted by Crippen LogP contribution is -2.47. The van der Waals surface area contributed by atoms with Crippen molar-refractivity contribution >= 4 is 29.3 Å². The van der Waals surface area contributed by atoms with Gasteiger partial charge in [0, 0.05) is 23.9 Å². The van der Waals surface area contributed by atoms with E-state index in [1.165, 1.54) is 0 Å². The van der Waals surface area contributed by atoms with Crippen molar-refractivity contribution in [2.24, 2.45) is 5.92 Å². The first kappa shape index (κ1) is 18.3. The summed E-state index contributed by atoms with van der Waals surface area (Å²) >= 11 is 7.57. The number of hydrogen-bond donors (Lipinski definition) is 0. The molecule has 2 heterocycles. The molecule has 3 rings (SSSR count). The molecule has 1 aromatic carbocycles. The number of nitriles is 1. The number of carbonyl (C=O) groups is 1. The number of amides is 1. The molecule has 0 saturated carbocycles. The third-order valence-electron chi connectivity index (χ3n) is 4.64. The Morgan fingerprint density at radius 3 is 2.72 bits per heavy atom. The van der Waals surface area contributed by atoms with E-state index in [-0.39, 0.29) is 11.8 Å². The molecule has 1 saturated heterocycles. The number of rotatable bonds is 4. The van der Waals surface area contributed by atoms with E-state index in [9.17, 15) is 10.1 Å². The summed E-state index contributed by atoms with van der Waals surface area (Å²) in [5.74, 6) is 1.39. The summed E-state index contributed by atoms with van der Waals surface area (Å²) in [6.45, 7) is 5.98. The van der Waals surface area contributed by atoms with Gasteiger partial charge in [-0.25, -0.2) is 0 Å². The Kier molecular flexibility index (Phi) is 5.73. The topological polar surface area (TPSA) is 47.3 Å². The Bertz CT molecular complexity index is 723. The third kappa shape index (κ3) is 4.03. The lowest BCUT2D eigenvalue weighted by Gasteiger charge is -2.41. The van der Waals surface area contributed by atoms with E-state index >= 15 is 0 Å². The zero-order chi connectivity index (χ0) is 18.0. The van der Waals surface area contributed by atoms with E-state index in [0.717, 1.165) is 29.4 Å². The van der Waals surface area contributed by atoms with Crippen LogP contribution in [0.2, 0.25) is 5.02 Å². The maximum Gasteiger partial charge on any atom is 0.229 e. The van der Waals surface area contributed by atoms with Crippen molar-refractivity contribution in [2.75, 3.05) is 19.1 Å². The molecule has 1 fully saturated rings. The van der Waals surface area contributed by atoms with Crippen LogP contribution in [0.5, 0.6) is 0 Å². The Hall–Kier alpha value is -1.48. The van der Waals surface area contributed by atoms with Crippen LogP contribution < -0.4 is 0 Å². The monoisotopic (exact) mass is 375 g/mol. The molecule has 1 atom stereocenters. The van der Waals surface area contributed by atoms with Gasteiger partial charge in [0.1, 0.15) is 0 Å². The minimum atomic E-state index is -0.171. The summed E-state index contributed by atoms with van der Waals surface area (Å²) < 4.78 is 0.